The van der Waals surface area contributed by atoms with Gasteiger partial charge in [0.1, 0.15) is 11.7 Å². The number of hydrogen-bond acceptors (Lipinski definition) is 4. The van der Waals surface area contributed by atoms with Crippen molar-refractivity contribution in [2.45, 2.75) is 6.54 Å². The van der Waals surface area contributed by atoms with E-state index in [4.69, 9.17) is 16.9 Å². The van der Waals surface area contributed by atoms with Crippen LogP contribution in [0.3, 0.4) is 0 Å². The Morgan fingerprint density at radius 1 is 1.40 bits per heavy atom. The lowest BCUT2D eigenvalue weighted by Gasteiger charge is -2.06. The number of halogens is 1. The molecule has 0 aliphatic rings. The molecule has 7 heteroatoms. The van der Waals surface area contributed by atoms with E-state index in [1.165, 1.54) is 18.2 Å². The first-order valence-electron chi connectivity index (χ1n) is 5.62. The third-order valence-corrected chi connectivity index (χ3v) is 2.60. The van der Waals surface area contributed by atoms with Crippen LogP contribution in [0.4, 0.5) is 5.69 Å². The van der Waals surface area contributed by atoms with E-state index in [9.17, 15) is 9.59 Å². The van der Waals surface area contributed by atoms with Crippen LogP contribution in [0.2, 0.25) is 5.15 Å². The van der Waals surface area contributed by atoms with Crippen molar-refractivity contribution < 1.29 is 4.79 Å². The molecule has 20 heavy (non-hydrogen) atoms. The van der Waals surface area contributed by atoms with E-state index in [1.807, 2.05) is 6.07 Å². The highest BCUT2D eigenvalue weighted by molar-refractivity contribution is 6.29. The standard InChI is InChI=1S/C13H9ClN4O2/c14-11-4-5-13(20)18(17-11)8-12(19)16-10-3-1-2-9(6-10)7-15/h1-6H,8H2,(H,16,19). The van der Waals surface area contributed by atoms with Gasteiger partial charge in [-0.1, -0.05) is 17.7 Å². The van der Waals surface area contributed by atoms with Crippen LogP contribution >= 0.6 is 11.6 Å². The molecule has 0 aliphatic heterocycles. The van der Waals surface area contributed by atoms with Gasteiger partial charge in [-0.05, 0) is 24.3 Å². The summed E-state index contributed by atoms with van der Waals surface area (Å²) >= 11 is 5.66. The lowest BCUT2D eigenvalue weighted by Crippen LogP contribution is -2.29. The normalized spacial score (nSPS) is 9.80. The molecule has 1 aromatic carbocycles. The summed E-state index contributed by atoms with van der Waals surface area (Å²) in [6.07, 6.45) is 0. The van der Waals surface area contributed by atoms with E-state index in [-0.39, 0.29) is 11.7 Å². The van der Waals surface area contributed by atoms with Gasteiger partial charge in [0.15, 0.2) is 0 Å². The zero-order valence-corrected chi connectivity index (χ0v) is 11.0. The van der Waals surface area contributed by atoms with Crippen LogP contribution in [0.25, 0.3) is 0 Å². The van der Waals surface area contributed by atoms with Crippen LogP contribution in [-0.4, -0.2) is 15.7 Å². The average molecular weight is 289 g/mol. The Hall–Kier alpha value is -2.65. The predicted octanol–water partition coefficient (Wildman–Crippen LogP) is 1.41. The molecule has 2 rings (SSSR count). The molecule has 0 unspecified atom stereocenters. The first-order valence-corrected chi connectivity index (χ1v) is 6.00. The van der Waals surface area contributed by atoms with Crippen LogP contribution in [0.1, 0.15) is 5.56 Å². The van der Waals surface area contributed by atoms with Crippen molar-refractivity contribution in [1.29, 1.82) is 5.26 Å². The summed E-state index contributed by atoms with van der Waals surface area (Å²) in [6.45, 7) is -0.254. The molecule has 0 fully saturated rings. The summed E-state index contributed by atoms with van der Waals surface area (Å²) in [5.74, 6) is -0.433. The summed E-state index contributed by atoms with van der Waals surface area (Å²) in [5, 5.41) is 15.2. The SMILES string of the molecule is N#Cc1cccc(NC(=O)Cn2nc(Cl)ccc2=O)c1. The maximum absolute atomic E-state index is 11.8. The molecule has 0 spiro atoms. The van der Waals surface area contributed by atoms with Gasteiger partial charge in [0.05, 0.1) is 11.6 Å². The molecule has 1 aromatic heterocycles. The van der Waals surface area contributed by atoms with Crippen LogP contribution < -0.4 is 10.9 Å². The van der Waals surface area contributed by atoms with E-state index < -0.39 is 11.5 Å². The Morgan fingerprint density at radius 2 is 2.20 bits per heavy atom. The first-order chi connectivity index (χ1) is 9.58. The summed E-state index contributed by atoms with van der Waals surface area (Å²) < 4.78 is 0.964. The van der Waals surface area contributed by atoms with Crippen LogP contribution in [0.15, 0.2) is 41.2 Å². The molecule has 0 saturated carbocycles. The van der Waals surface area contributed by atoms with Crippen LogP contribution in [0.5, 0.6) is 0 Å². The largest absolute Gasteiger partial charge is 0.324 e. The lowest BCUT2D eigenvalue weighted by molar-refractivity contribution is -0.117. The molecule has 0 atom stereocenters. The maximum Gasteiger partial charge on any atom is 0.267 e. The minimum Gasteiger partial charge on any atom is -0.324 e. The number of carbonyl (C=O) groups is 1. The Bertz CT molecular complexity index is 749. The van der Waals surface area contributed by atoms with E-state index in [2.05, 4.69) is 10.4 Å². The van der Waals surface area contributed by atoms with Gasteiger partial charge in [0.25, 0.3) is 5.56 Å². The van der Waals surface area contributed by atoms with Crippen molar-refractivity contribution in [3.8, 4) is 6.07 Å². The maximum atomic E-state index is 11.8. The van der Waals surface area contributed by atoms with Crippen molar-refractivity contribution in [2.24, 2.45) is 0 Å². The van der Waals surface area contributed by atoms with Gasteiger partial charge in [-0.15, -0.1) is 0 Å². The minimum absolute atomic E-state index is 0.129. The molecule has 0 saturated heterocycles. The predicted molar refractivity (Wildman–Crippen MR) is 73.3 cm³/mol. The zero-order valence-electron chi connectivity index (χ0n) is 10.2. The van der Waals surface area contributed by atoms with Gasteiger partial charge in [-0.2, -0.15) is 10.4 Å². The Morgan fingerprint density at radius 3 is 2.95 bits per heavy atom. The third-order valence-electron chi connectivity index (χ3n) is 2.40. The number of rotatable bonds is 3. The second kappa shape index (κ2) is 5.99. The van der Waals surface area contributed by atoms with Crippen molar-refractivity contribution in [1.82, 2.24) is 9.78 Å². The van der Waals surface area contributed by atoms with Crippen LogP contribution in [-0.2, 0) is 11.3 Å². The summed E-state index contributed by atoms with van der Waals surface area (Å²) in [5.41, 5.74) is 0.486. The van der Waals surface area contributed by atoms with Crippen molar-refractivity contribution in [3.05, 3.63) is 57.5 Å². The van der Waals surface area contributed by atoms with Gasteiger partial charge in [-0.3, -0.25) is 9.59 Å². The number of nitrogens with zero attached hydrogens (tertiary/aromatic N) is 3. The molecule has 1 N–H and O–H groups in total. The molecule has 2 aromatic rings. The Labute approximate surface area is 119 Å². The quantitative estimate of drug-likeness (QED) is 0.925. The average Bonchev–Trinajstić information content (AvgIpc) is 2.43. The fourth-order valence-corrected chi connectivity index (χ4v) is 1.69. The van der Waals surface area contributed by atoms with Gasteiger partial charge in [-0.25, -0.2) is 4.68 Å². The van der Waals surface area contributed by atoms with Crippen molar-refractivity contribution >= 4 is 23.2 Å². The number of aromatic nitrogens is 2. The van der Waals surface area contributed by atoms with Gasteiger partial charge in [0, 0.05) is 11.8 Å². The molecule has 6 nitrogen and oxygen atoms in total. The molecule has 0 aliphatic carbocycles. The second-order valence-electron chi connectivity index (χ2n) is 3.89. The number of anilines is 1. The topological polar surface area (TPSA) is 87.8 Å². The van der Waals surface area contributed by atoms with Crippen molar-refractivity contribution in [2.75, 3.05) is 5.32 Å². The highest BCUT2D eigenvalue weighted by atomic mass is 35.5. The fourth-order valence-electron chi connectivity index (χ4n) is 1.54. The monoisotopic (exact) mass is 288 g/mol. The lowest BCUT2D eigenvalue weighted by atomic mass is 10.2. The third kappa shape index (κ3) is 3.43. The molecule has 0 bridgehead atoms. The fraction of sp³-hybridized carbons (Fsp3) is 0.0769. The highest BCUT2D eigenvalue weighted by Gasteiger charge is 2.07. The number of benzene rings is 1. The van der Waals surface area contributed by atoms with E-state index in [1.54, 1.807) is 18.2 Å². The molecular weight excluding hydrogens is 280 g/mol. The number of amides is 1. The Kier molecular flexibility index (Phi) is 4.13. The van der Waals surface area contributed by atoms with Crippen molar-refractivity contribution in [3.63, 3.8) is 0 Å². The number of nitriles is 1. The first kappa shape index (κ1) is 13.8. The minimum atomic E-state index is -0.433. The Balaban J connectivity index is 2.11. The molecule has 100 valence electrons. The smallest absolute Gasteiger partial charge is 0.267 e. The number of nitrogens with one attached hydrogen (secondary N) is 1. The van der Waals surface area contributed by atoms with Gasteiger partial charge in [0.2, 0.25) is 5.91 Å². The van der Waals surface area contributed by atoms with Crippen LogP contribution in [0, 0.1) is 11.3 Å². The van der Waals surface area contributed by atoms with Gasteiger partial charge >= 0.3 is 0 Å². The second-order valence-corrected chi connectivity index (χ2v) is 4.28. The summed E-state index contributed by atoms with van der Waals surface area (Å²) in [6, 6.07) is 11.0. The molecule has 1 amide bonds. The van der Waals surface area contributed by atoms with E-state index in [0.29, 0.717) is 11.3 Å². The van der Waals surface area contributed by atoms with Gasteiger partial charge < -0.3 is 5.32 Å². The number of hydrogen-bond donors (Lipinski definition) is 1. The highest BCUT2D eigenvalue weighted by Crippen LogP contribution is 2.09. The summed E-state index contributed by atoms with van der Waals surface area (Å²) in [7, 11) is 0. The van der Waals surface area contributed by atoms with E-state index in [0.717, 1.165) is 4.68 Å². The zero-order chi connectivity index (χ0) is 14.5. The molecule has 1 heterocycles. The van der Waals surface area contributed by atoms with E-state index >= 15 is 0 Å². The molecule has 0 radical (unpaired) electrons. The number of carbonyl (C=O) groups excluding carboxylic acids is 1. The molecular formula is C13H9ClN4O2. The summed E-state index contributed by atoms with van der Waals surface area (Å²) in [4.78, 5) is 23.3.